The van der Waals surface area contributed by atoms with Crippen LogP contribution in [-0.4, -0.2) is 67.0 Å². The van der Waals surface area contributed by atoms with E-state index in [0.717, 1.165) is 10.4 Å². The summed E-state index contributed by atoms with van der Waals surface area (Å²) >= 11 is 1.48. The Morgan fingerprint density at radius 1 is 1.20 bits per heavy atom. The lowest BCUT2D eigenvalue weighted by molar-refractivity contribution is -0.140. The highest BCUT2D eigenvalue weighted by Gasteiger charge is 2.46. The van der Waals surface area contributed by atoms with E-state index in [0.29, 0.717) is 43.4 Å². The van der Waals surface area contributed by atoms with Crippen molar-refractivity contribution in [1.82, 2.24) is 9.80 Å². The third-order valence-electron chi connectivity index (χ3n) is 5.29. The van der Waals surface area contributed by atoms with Gasteiger partial charge in [-0.15, -0.1) is 11.3 Å². The summed E-state index contributed by atoms with van der Waals surface area (Å²) in [5.41, 5.74) is 1.51. The summed E-state index contributed by atoms with van der Waals surface area (Å²) in [5.74, 6) is -0.353. The van der Waals surface area contributed by atoms with Crippen LogP contribution in [0.15, 0.2) is 35.2 Å². The van der Waals surface area contributed by atoms with Gasteiger partial charge in [-0.1, -0.05) is 0 Å². The molecule has 1 aromatic heterocycles. The van der Waals surface area contributed by atoms with E-state index in [4.69, 9.17) is 9.47 Å². The number of fused-ring (bicyclic) bond motifs is 1. The average Bonchev–Trinajstić information content (AvgIpc) is 3.26. The number of benzene rings is 1. The molecule has 0 aliphatic carbocycles. The molecule has 30 heavy (non-hydrogen) atoms. The zero-order valence-electron chi connectivity index (χ0n) is 17.2. The maximum absolute atomic E-state index is 13.0. The van der Waals surface area contributed by atoms with Gasteiger partial charge in [0, 0.05) is 23.5 Å². The summed E-state index contributed by atoms with van der Waals surface area (Å²) in [6.45, 7) is 3.82. The number of aryl methyl sites for hydroxylation is 1. The van der Waals surface area contributed by atoms with Crippen LogP contribution in [0, 0.1) is 6.92 Å². The number of nitrogens with zero attached hydrogens (tertiary/aromatic N) is 2. The molecule has 0 radical (unpaired) electrons. The van der Waals surface area contributed by atoms with Gasteiger partial charge in [0.2, 0.25) is 0 Å². The molecule has 0 bridgehead atoms. The number of likely N-dealkylation sites (N-methyl/N-ethyl adjacent to an activating group) is 1. The van der Waals surface area contributed by atoms with Crippen LogP contribution < -0.4 is 9.47 Å². The highest BCUT2D eigenvalue weighted by molar-refractivity contribution is 7.10. The summed E-state index contributed by atoms with van der Waals surface area (Å²) in [6.07, 6.45) is 0. The number of ketones is 1. The summed E-state index contributed by atoms with van der Waals surface area (Å²) < 4.78 is 11.1. The molecule has 1 unspecified atom stereocenters. The van der Waals surface area contributed by atoms with Crippen molar-refractivity contribution in [3.63, 3.8) is 0 Å². The molecular formula is C22H24N2O5S. The van der Waals surface area contributed by atoms with Gasteiger partial charge in [0.1, 0.15) is 19.0 Å². The Hall–Kier alpha value is -2.84. The molecule has 1 atom stereocenters. The van der Waals surface area contributed by atoms with E-state index in [-0.39, 0.29) is 11.3 Å². The number of hydrogen-bond acceptors (Lipinski definition) is 7. The molecule has 1 fully saturated rings. The van der Waals surface area contributed by atoms with Gasteiger partial charge in [-0.25, -0.2) is 0 Å². The molecule has 2 aromatic rings. The second-order valence-electron chi connectivity index (χ2n) is 7.62. The predicted molar refractivity (Wildman–Crippen MR) is 114 cm³/mol. The minimum absolute atomic E-state index is 0.112. The van der Waals surface area contributed by atoms with Gasteiger partial charge >= 0.3 is 0 Å². The minimum atomic E-state index is -0.668. The summed E-state index contributed by atoms with van der Waals surface area (Å²) in [6, 6.07) is 6.37. The van der Waals surface area contributed by atoms with Crippen molar-refractivity contribution in [1.29, 1.82) is 0 Å². The molecule has 1 aromatic carbocycles. The van der Waals surface area contributed by atoms with Gasteiger partial charge in [0.15, 0.2) is 11.5 Å². The Morgan fingerprint density at radius 3 is 2.60 bits per heavy atom. The van der Waals surface area contributed by atoms with Gasteiger partial charge in [0.05, 0.1) is 11.6 Å². The molecule has 2 aliphatic heterocycles. The lowest BCUT2D eigenvalue weighted by Gasteiger charge is -2.26. The number of likely N-dealkylation sites (tertiary alicyclic amines) is 1. The van der Waals surface area contributed by atoms with Crippen molar-refractivity contribution in [2.75, 3.05) is 40.4 Å². The first-order valence-corrected chi connectivity index (χ1v) is 10.6. The number of carbonyl (C=O) groups excluding carboxylic acids is 2. The number of aliphatic hydroxyl groups excluding tert-OH is 1. The van der Waals surface area contributed by atoms with Gasteiger partial charge in [-0.05, 0) is 56.2 Å². The van der Waals surface area contributed by atoms with Crippen LogP contribution in [0.3, 0.4) is 0 Å². The molecule has 0 spiro atoms. The SMILES string of the molecule is Cc1ccsc1C1/C(=C(/O)c2ccc3c(c2)OCCO3)C(=O)C(=O)N1CCN(C)C. The van der Waals surface area contributed by atoms with Crippen molar-refractivity contribution in [2.24, 2.45) is 0 Å². The molecule has 3 heterocycles. The van der Waals surface area contributed by atoms with Gasteiger partial charge in [-0.2, -0.15) is 0 Å². The number of rotatable bonds is 5. The van der Waals surface area contributed by atoms with E-state index in [1.165, 1.54) is 11.3 Å². The standard InChI is InChI=1S/C22H24N2O5S/c1-13-6-11-30-21(13)18-17(20(26)22(27)24(18)8-7-23(2)3)19(25)14-4-5-15-16(12-14)29-10-9-28-15/h4-6,11-12,18,25H,7-10H2,1-3H3/b19-17-. The molecule has 1 saturated heterocycles. The Kier molecular flexibility index (Phi) is 5.53. The van der Waals surface area contributed by atoms with Crippen molar-refractivity contribution in [3.8, 4) is 11.5 Å². The number of Topliss-reactive ketones (excluding diaryl/α,β-unsaturated/α-hetero) is 1. The first-order valence-electron chi connectivity index (χ1n) is 9.75. The molecule has 2 aliphatic rings. The number of carbonyl (C=O) groups is 2. The lowest BCUT2D eigenvalue weighted by Crippen LogP contribution is -2.35. The third kappa shape index (κ3) is 3.57. The van der Waals surface area contributed by atoms with E-state index in [1.807, 2.05) is 37.4 Å². The first-order chi connectivity index (χ1) is 14.4. The molecule has 1 amide bonds. The fraction of sp³-hybridized carbons (Fsp3) is 0.364. The normalized spacial score (nSPS) is 20.3. The maximum Gasteiger partial charge on any atom is 0.295 e. The highest BCUT2D eigenvalue weighted by Crippen LogP contribution is 2.43. The number of thiophene rings is 1. The van der Waals surface area contributed by atoms with Gasteiger partial charge < -0.3 is 24.4 Å². The Balaban J connectivity index is 1.82. The first kappa shape index (κ1) is 20.4. The Labute approximate surface area is 179 Å². The van der Waals surface area contributed by atoms with Gasteiger partial charge in [0.25, 0.3) is 11.7 Å². The van der Waals surface area contributed by atoms with Crippen LogP contribution in [-0.2, 0) is 9.59 Å². The second kappa shape index (κ2) is 8.12. The van der Waals surface area contributed by atoms with Crippen LogP contribution in [0.5, 0.6) is 11.5 Å². The minimum Gasteiger partial charge on any atom is -0.507 e. The molecule has 0 saturated carbocycles. The van der Waals surface area contributed by atoms with Crippen LogP contribution in [0.2, 0.25) is 0 Å². The monoisotopic (exact) mass is 428 g/mol. The fourth-order valence-corrected chi connectivity index (χ4v) is 4.75. The second-order valence-corrected chi connectivity index (χ2v) is 8.57. The number of ether oxygens (including phenoxy) is 2. The fourth-order valence-electron chi connectivity index (χ4n) is 3.70. The quantitative estimate of drug-likeness (QED) is 0.448. The zero-order chi connectivity index (χ0) is 21.4. The smallest absolute Gasteiger partial charge is 0.295 e. The summed E-state index contributed by atoms with van der Waals surface area (Å²) in [4.78, 5) is 30.3. The zero-order valence-corrected chi connectivity index (χ0v) is 18.0. The van der Waals surface area contributed by atoms with Crippen LogP contribution in [0.4, 0.5) is 0 Å². The molecule has 8 heteroatoms. The Bertz CT molecular complexity index is 1030. The topological polar surface area (TPSA) is 79.3 Å². The highest BCUT2D eigenvalue weighted by atomic mass is 32.1. The van der Waals surface area contributed by atoms with Crippen molar-refractivity contribution in [3.05, 3.63) is 51.2 Å². The van der Waals surface area contributed by atoms with Crippen LogP contribution in [0.1, 0.15) is 22.0 Å². The molecule has 158 valence electrons. The van der Waals surface area contributed by atoms with E-state index < -0.39 is 17.7 Å². The molecular weight excluding hydrogens is 404 g/mol. The lowest BCUT2D eigenvalue weighted by atomic mass is 9.98. The number of amides is 1. The molecule has 1 N–H and O–H groups in total. The average molecular weight is 429 g/mol. The van der Waals surface area contributed by atoms with Crippen molar-refractivity contribution < 1.29 is 24.2 Å². The summed E-state index contributed by atoms with van der Waals surface area (Å²) in [5, 5.41) is 13.1. The van der Waals surface area contributed by atoms with Crippen molar-refractivity contribution >= 4 is 28.8 Å². The van der Waals surface area contributed by atoms with Crippen LogP contribution >= 0.6 is 11.3 Å². The van der Waals surface area contributed by atoms with E-state index in [1.54, 1.807) is 23.1 Å². The van der Waals surface area contributed by atoms with Gasteiger partial charge in [-0.3, -0.25) is 9.59 Å². The maximum atomic E-state index is 13.0. The molecule has 4 rings (SSSR count). The van der Waals surface area contributed by atoms with E-state index in [2.05, 4.69) is 0 Å². The Morgan fingerprint density at radius 2 is 1.93 bits per heavy atom. The summed E-state index contributed by atoms with van der Waals surface area (Å²) in [7, 11) is 3.83. The van der Waals surface area contributed by atoms with Crippen LogP contribution in [0.25, 0.3) is 5.76 Å². The third-order valence-corrected chi connectivity index (χ3v) is 6.37. The number of hydrogen-bond donors (Lipinski definition) is 1. The largest absolute Gasteiger partial charge is 0.507 e. The van der Waals surface area contributed by atoms with E-state index >= 15 is 0 Å². The molecule has 7 nitrogen and oxygen atoms in total. The predicted octanol–water partition coefficient (Wildman–Crippen LogP) is 2.81. The van der Waals surface area contributed by atoms with E-state index in [9.17, 15) is 14.7 Å². The number of aliphatic hydroxyl groups is 1. The van der Waals surface area contributed by atoms with Crippen molar-refractivity contribution in [2.45, 2.75) is 13.0 Å².